The molecule has 0 aliphatic carbocycles. The Morgan fingerprint density at radius 1 is 0.872 bits per heavy atom. The number of carboxylic acid groups (broad SMARTS) is 1. The lowest BCUT2D eigenvalue weighted by Gasteiger charge is -2.18. The van der Waals surface area contributed by atoms with E-state index in [0.29, 0.717) is 16.4 Å². The Morgan fingerprint density at radius 3 is 2.23 bits per heavy atom. The second-order valence-corrected chi connectivity index (χ2v) is 10.5. The molecule has 7 nitrogen and oxygen atoms in total. The molecule has 0 fully saturated rings. The third-order valence-corrected chi connectivity index (χ3v) is 7.94. The number of aromatic carboxylic acids is 1. The summed E-state index contributed by atoms with van der Waals surface area (Å²) in [6.45, 7) is 1.88. The maximum atomic E-state index is 13.4. The number of imide groups is 1. The van der Waals surface area contributed by atoms with Crippen molar-refractivity contribution in [3.63, 3.8) is 0 Å². The molecule has 9 heteroatoms. The molecule has 0 saturated carbocycles. The van der Waals surface area contributed by atoms with Crippen LogP contribution in [0.2, 0.25) is 5.02 Å². The van der Waals surface area contributed by atoms with Gasteiger partial charge in [-0.3, -0.25) is 14.4 Å². The fourth-order valence-corrected chi connectivity index (χ4v) is 5.40. The summed E-state index contributed by atoms with van der Waals surface area (Å²) < 4.78 is 0. The number of carbonyl (C=O) groups excluding carboxylic acids is 3. The zero-order valence-corrected chi connectivity index (χ0v) is 22.1. The van der Waals surface area contributed by atoms with E-state index in [1.165, 1.54) is 30.0 Å². The summed E-state index contributed by atoms with van der Waals surface area (Å²) in [4.78, 5) is 52.3. The zero-order chi connectivity index (χ0) is 27.7. The summed E-state index contributed by atoms with van der Waals surface area (Å²) in [5.74, 6) is -2.52. The number of amides is 3. The van der Waals surface area contributed by atoms with Crippen molar-refractivity contribution in [1.29, 1.82) is 0 Å². The van der Waals surface area contributed by atoms with Crippen LogP contribution < -0.4 is 10.2 Å². The standard InChI is InChI=1S/C30H21ClN2O5S/c1-17-7-9-20(16-25(17)31)32-27(34)26(18-5-3-2-4-6-18)39-22-12-10-21(11-13-22)33-28(35)23-14-8-19(30(37)38)15-24(23)29(33)36/h2-16,26H,1H3,(H,32,34)(H,37,38). The van der Waals surface area contributed by atoms with Gasteiger partial charge < -0.3 is 10.4 Å². The summed E-state index contributed by atoms with van der Waals surface area (Å²) in [5, 5.41) is 12.1. The Balaban J connectivity index is 1.38. The molecule has 2 N–H and O–H groups in total. The number of carboxylic acids is 1. The van der Waals surface area contributed by atoms with Crippen LogP contribution in [-0.2, 0) is 4.79 Å². The molecule has 1 aliphatic heterocycles. The highest BCUT2D eigenvalue weighted by Crippen LogP contribution is 2.38. The molecule has 3 amide bonds. The summed E-state index contributed by atoms with van der Waals surface area (Å²) in [6.07, 6.45) is 0. The van der Waals surface area contributed by atoms with Crippen molar-refractivity contribution in [2.24, 2.45) is 0 Å². The molecule has 0 aromatic heterocycles. The molecule has 39 heavy (non-hydrogen) atoms. The van der Waals surface area contributed by atoms with E-state index in [4.69, 9.17) is 11.6 Å². The number of thioether (sulfide) groups is 1. The molecular weight excluding hydrogens is 536 g/mol. The third-order valence-electron chi connectivity index (χ3n) is 6.26. The summed E-state index contributed by atoms with van der Waals surface area (Å²) in [5.41, 5.74) is 2.78. The average molecular weight is 557 g/mol. The van der Waals surface area contributed by atoms with Crippen LogP contribution in [0.4, 0.5) is 11.4 Å². The quantitative estimate of drug-likeness (QED) is 0.196. The SMILES string of the molecule is Cc1ccc(NC(=O)C(Sc2ccc(N3C(=O)c4ccc(C(=O)O)cc4C3=O)cc2)c2ccccc2)cc1Cl. The summed E-state index contributed by atoms with van der Waals surface area (Å²) >= 11 is 7.55. The number of aryl methyl sites for hydroxylation is 1. The summed E-state index contributed by atoms with van der Waals surface area (Å²) in [7, 11) is 0. The van der Waals surface area contributed by atoms with Crippen molar-refractivity contribution < 1.29 is 24.3 Å². The van der Waals surface area contributed by atoms with E-state index in [1.54, 1.807) is 36.4 Å². The predicted octanol–water partition coefficient (Wildman–Crippen LogP) is 6.62. The highest BCUT2D eigenvalue weighted by molar-refractivity contribution is 8.00. The van der Waals surface area contributed by atoms with E-state index in [1.807, 2.05) is 43.3 Å². The van der Waals surface area contributed by atoms with Gasteiger partial charge in [0.25, 0.3) is 11.8 Å². The van der Waals surface area contributed by atoms with Crippen LogP contribution in [0.1, 0.15) is 47.5 Å². The lowest BCUT2D eigenvalue weighted by molar-refractivity contribution is -0.115. The van der Waals surface area contributed by atoms with Gasteiger partial charge in [0.05, 0.1) is 22.4 Å². The van der Waals surface area contributed by atoms with Gasteiger partial charge in [-0.1, -0.05) is 48.0 Å². The fraction of sp³-hybridized carbons (Fsp3) is 0.0667. The number of hydrogen-bond acceptors (Lipinski definition) is 5. The Bertz CT molecular complexity index is 1620. The van der Waals surface area contributed by atoms with Crippen LogP contribution in [0.25, 0.3) is 0 Å². The van der Waals surface area contributed by atoms with Crippen LogP contribution in [0, 0.1) is 6.92 Å². The molecule has 4 aromatic rings. The maximum absolute atomic E-state index is 13.4. The lowest BCUT2D eigenvalue weighted by Crippen LogP contribution is -2.29. The van der Waals surface area contributed by atoms with Crippen molar-refractivity contribution in [2.45, 2.75) is 17.1 Å². The van der Waals surface area contributed by atoms with Crippen molar-refractivity contribution >= 4 is 58.4 Å². The first-order valence-corrected chi connectivity index (χ1v) is 13.1. The smallest absolute Gasteiger partial charge is 0.335 e. The zero-order valence-electron chi connectivity index (χ0n) is 20.6. The Morgan fingerprint density at radius 2 is 1.56 bits per heavy atom. The van der Waals surface area contributed by atoms with Crippen LogP contribution in [0.15, 0.2) is 95.9 Å². The van der Waals surface area contributed by atoms with Gasteiger partial charge in [-0.25, -0.2) is 9.69 Å². The third kappa shape index (κ3) is 5.30. The molecule has 194 valence electrons. The van der Waals surface area contributed by atoms with E-state index in [9.17, 15) is 24.3 Å². The molecule has 5 rings (SSSR count). The highest BCUT2D eigenvalue weighted by Gasteiger charge is 2.37. The highest BCUT2D eigenvalue weighted by atomic mass is 35.5. The molecule has 1 aliphatic rings. The molecule has 4 aromatic carbocycles. The van der Waals surface area contributed by atoms with Gasteiger partial charge in [-0.05, 0) is 72.6 Å². The summed E-state index contributed by atoms with van der Waals surface area (Å²) in [6, 6.07) is 25.3. The normalized spacial score (nSPS) is 13.2. The number of halogens is 1. The molecule has 0 spiro atoms. The van der Waals surface area contributed by atoms with Crippen LogP contribution in [0.5, 0.6) is 0 Å². The van der Waals surface area contributed by atoms with E-state index in [2.05, 4.69) is 5.32 Å². The number of nitrogens with zero attached hydrogens (tertiary/aromatic N) is 1. The van der Waals surface area contributed by atoms with E-state index in [-0.39, 0.29) is 22.6 Å². The first-order chi connectivity index (χ1) is 18.7. The molecule has 0 radical (unpaired) electrons. The van der Waals surface area contributed by atoms with Gasteiger partial charge in [0.15, 0.2) is 0 Å². The Hall–Kier alpha value is -4.40. The minimum atomic E-state index is -1.18. The molecule has 1 heterocycles. The number of nitrogens with one attached hydrogen (secondary N) is 1. The second kappa shape index (κ2) is 10.8. The number of hydrogen-bond donors (Lipinski definition) is 2. The van der Waals surface area contributed by atoms with E-state index < -0.39 is 23.0 Å². The van der Waals surface area contributed by atoms with E-state index in [0.717, 1.165) is 20.9 Å². The molecule has 1 atom stereocenters. The van der Waals surface area contributed by atoms with Crippen molar-refractivity contribution in [3.05, 3.63) is 124 Å². The molecule has 1 unspecified atom stereocenters. The van der Waals surface area contributed by atoms with Gasteiger partial charge in [-0.15, -0.1) is 11.8 Å². The number of fused-ring (bicyclic) bond motifs is 1. The minimum absolute atomic E-state index is 0.0513. The number of benzene rings is 4. The number of anilines is 2. The minimum Gasteiger partial charge on any atom is -0.478 e. The predicted molar refractivity (Wildman–Crippen MR) is 151 cm³/mol. The van der Waals surface area contributed by atoms with Crippen LogP contribution in [-0.4, -0.2) is 28.8 Å². The molecule has 0 bridgehead atoms. The van der Waals surface area contributed by atoms with Crippen molar-refractivity contribution in [3.8, 4) is 0 Å². The molecular formula is C30H21ClN2O5S. The first-order valence-electron chi connectivity index (χ1n) is 11.9. The lowest BCUT2D eigenvalue weighted by atomic mass is 10.1. The second-order valence-electron chi connectivity index (χ2n) is 8.87. The number of rotatable bonds is 7. The van der Waals surface area contributed by atoms with Crippen molar-refractivity contribution in [2.75, 3.05) is 10.2 Å². The average Bonchev–Trinajstić information content (AvgIpc) is 3.19. The topological polar surface area (TPSA) is 104 Å². The number of carbonyl (C=O) groups is 4. The van der Waals surface area contributed by atoms with Gasteiger partial charge in [-0.2, -0.15) is 0 Å². The Kier molecular flexibility index (Phi) is 7.24. The Labute approximate surface area is 233 Å². The monoisotopic (exact) mass is 556 g/mol. The van der Waals surface area contributed by atoms with E-state index >= 15 is 0 Å². The van der Waals surface area contributed by atoms with Gasteiger partial charge >= 0.3 is 5.97 Å². The molecule has 0 saturated heterocycles. The van der Waals surface area contributed by atoms with Gasteiger partial charge in [0.2, 0.25) is 5.91 Å². The maximum Gasteiger partial charge on any atom is 0.335 e. The largest absolute Gasteiger partial charge is 0.478 e. The van der Waals surface area contributed by atoms with Crippen LogP contribution in [0.3, 0.4) is 0 Å². The van der Waals surface area contributed by atoms with Gasteiger partial charge in [0, 0.05) is 15.6 Å². The first kappa shape index (κ1) is 26.2. The van der Waals surface area contributed by atoms with Crippen LogP contribution >= 0.6 is 23.4 Å². The fourth-order valence-electron chi connectivity index (χ4n) is 4.20. The van der Waals surface area contributed by atoms with Gasteiger partial charge in [0.1, 0.15) is 5.25 Å². The van der Waals surface area contributed by atoms with Crippen molar-refractivity contribution in [1.82, 2.24) is 0 Å².